The van der Waals surface area contributed by atoms with Gasteiger partial charge < -0.3 is 9.79 Å². The first kappa shape index (κ1) is 13.3. The molecule has 0 aliphatic heterocycles. The summed E-state index contributed by atoms with van der Waals surface area (Å²) in [4.78, 5) is 18.3. The van der Waals surface area contributed by atoms with Gasteiger partial charge in [-0.15, -0.1) is 0 Å². The summed E-state index contributed by atoms with van der Waals surface area (Å²) >= 11 is 0. The van der Waals surface area contributed by atoms with Crippen LogP contribution in [-0.4, -0.2) is 15.9 Å². The summed E-state index contributed by atoms with van der Waals surface area (Å²) in [5.41, 5.74) is 1.02. The Hall–Kier alpha value is -1.67. The molecule has 0 saturated heterocycles. The van der Waals surface area contributed by atoms with Gasteiger partial charge in [0.2, 0.25) is 0 Å². The minimum atomic E-state index is -3.99. The van der Waals surface area contributed by atoms with E-state index in [0.29, 0.717) is 6.42 Å². The van der Waals surface area contributed by atoms with Crippen molar-refractivity contribution in [3.63, 3.8) is 0 Å². The number of fused-ring (bicyclic) bond motifs is 2. The van der Waals surface area contributed by atoms with Crippen LogP contribution in [0, 0.1) is 0 Å². The summed E-state index contributed by atoms with van der Waals surface area (Å²) in [5, 5.41) is 4.35. The van der Waals surface area contributed by atoms with Crippen LogP contribution in [0.3, 0.4) is 0 Å². The normalized spacial score (nSPS) is 12.1. The van der Waals surface area contributed by atoms with Gasteiger partial charge in [-0.25, -0.2) is 0 Å². The first-order valence-electron chi connectivity index (χ1n) is 6.48. The van der Waals surface area contributed by atoms with Gasteiger partial charge in [0.1, 0.15) is 0 Å². The van der Waals surface area contributed by atoms with Crippen LogP contribution < -0.4 is 0 Å². The minimum Gasteiger partial charge on any atom is -0.324 e. The lowest BCUT2D eigenvalue weighted by Gasteiger charge is -2.12. The molecule has 0 bridgehead atoms. The van der Waals surface area contributed by atoms with Gasteiger partial charge in [-0.05, 0) is 39.6 Å². The van der Waals surface area contributed by atoms with Crippen molar-refractivity contribution in [2.45, 2.75) is 6.42 Å². The fraction of sp³-hybridized carbons (Fsp3) is 0.125. The molecule has 3 rings (SSSR count). The van der Waals surface area contributed by atoms with Gasteiger partial charge in [0.25, 0.3) is 0 Å². The van der Waals surface area contributed by atoms with Crippen molar-refractivity contribution >= 4 is 29.1 Å². The summed E-state index contributed by atoms with van der Waals surface area (Å²) in [6.45, 7) is 0. The number of rotatable bonds is 3. The smallest absolute Gasteiger partial charge is 0.324 e. The molecule has 0 saturated carbocycles. The third-order valence-corrected chi connectivity index (χ3v) is 4.34. The van der Waals surface area contributed by atoms with Gasteiger partial charge >= 0.3 is 7.60 Å². The lowest BCUT2D eigenvalue weighted by molar-refractivity contribution is 0.373. The van der Waals surface area contributed by atoms with E-state index in [-0.39, 0.29) is 6.16 Å². The zero-order valence-electron chi connectivity index (χ0n) is 10.9. The van der Waals surface area contributed by atoms with Crippen molar-refractivity contribution in [2.24, 2.45) is 0 Å². The number of hydrogen-bond acceptors (Lipinski definition) is 1. The van der Waals surface area contributed by atoms with Crippen molar-refractivity contribution in [3.8, 4) is 0 Å². The second-order valence-corrected chi connectivity index (χ2v) is 6.71. The Kier molecular flexibility index (Phi) is 3.35. The van der Waals surface area contributed by atoms with Gasteiger partial charge in [-0.3, -0.25) is 4.57 Å². The molecule has 102 valence electrons. The zero-order chi connectivity index (χ0) is 14.2. The maximum absolute atomic E-state index is 11.2. The average Bonchev–Trinajstić information content (AvgIpc) is 2.42. The highest BCUT2D eigenvalue weighted by Gasteiger charge is 2.15. The molecule has 0 spiro atoms. The molecule has 0 aromatic heterocycles. The standard InChI is InChI=1S/C16H15O3P/c17-20(18,19)10-9-16-14-7-3-1-5-12(14)11-13-6-2-4-8-15(13)16/h1-8,11H,9-10H2,(H2,17,18,19). The van der Waals surface area contributed by atoms with E-state index in [2.05, 4.69) is 6.07 Å². The molecule has 0 atom stereocenters. The minimum absolute atomic E-state index is 0.120. The average molecular weight is 286 g/mol. The van der Waals surface area contributed by atoms with E-state index in [1.165, 1.54) is 0 Å². The van der Waals surface area contributed by atoms with E-state index in [0.717, 1.165) is 27.1 Å². The van der Waals surface area contributed by atoms with E-state index in [4.69, 9.17) is 9.79 Å². The summed E-state index contributed by atoms with van der Waals surface area (Å²) in [6.07, 6.45) is 0.261. The summed E-state index contributed by atoms with van der Waals surface area (Å²) in [7, 11) is -3.99. The monoisotopic (exact) mass is 286 g/mol. The Balaban J connectivity index is 2.25. The van der Waals surface area contributed by atoms with Crippen LogP contribution in [0.5, 0.6) is 0 Å². The van der Waals surface area contributed by atoms with E-state index in [9.17, 15) is 4.57 Å². The fourth-order valence-corrected chi connectivity index (χ4v) is 3.15. The van der Waals surface area contributed by atoms with Crippen LogP contribution in [0.25, 0.3) is 21.5 Å². The van der Waals surface area contributed by atoms with Crippen LogP contribution in [-0.2, 0) is 11.0 Å². The number of aryl methyl sites for hydroxylation is 1. The molecule has 0 unspecified atom stereocenters. The second-order valence-electron chi connectivity index (χ2n) is 4.94. The highest BCUT2D eigenvalue weighted by atomic mass is 31.2. The molecule has 0 heterocycles. The maximum atomic E-state index is 11.2. The molecular formula is C16H15O3P. The summed E-state index contributed by atoms with van der Waals surface area (Å²) in [6, 6.07) is 18.1. The molecule has 3 nitrogen and oxygen atoms in total. The van der Waals surface area contributed by atoms with Crippen LogP contribution in [0.15, 0.2) is 54.6 Å². The summed E-state index contributed by atoms with van der Waals surface area (Å²) in [5.74, 6) is 0. The molecule has 0 aliphatic carbocycles. The highest BCUT2D eigenvalue weighted by molar-refractivity contribution is 7.51. The predicted octanol–water partition coefficient (Wildman–Crippen LogP) is 3.71. The fourth-order valence-electron chi connectivity index (χ4n) is 2.63. The van der Waals surface area contributed by atoms with Crippen LogP contribution in [0.2, 0.25) is 0 Å². The third kappa shape index (κ3) is 2.61. The van der Waals surface area contributed by atoms with Crippen molar-refractivity contribution in [2.75, 3.05) is 6.16 Å². The molecule has 0 aliphatic rings. The van der Waals surface area contributed by atoms with Gasteiger partial charge in [-0.1, -0.05) is 48.5 Å². The van der Waals surface area contributed by atoms with Crippen molar-refractivity contribution < 1.29 is 14.4 Å². The van der Waals surface area contributed by atoms with E-state index >= 15 is 0 Å². The SMILES string of the molecule is O=P(O)(O)CCc1c2ccccc2cc2ccccc12. The number of benzene rings is 3. The van der Waals surface area contributed by atoms with E-state index < -0.39 is 7.60 Å². The van der Waals surface area contributed by atoms with E-state index in [1.807, 2.05) is 48.5 Å². The lowest BCUT2D eigenvalue weighted by Crippen LogP contribution is -1.96. The van der Waals surface area contributed by atoms with Gasteiger partial charge in [0.15, 0.2) is 0 Å². The molecule has 0 fully saturated rings. The molecule has 20 heavy (non-hydrogen) atoms. The van der Waals surface area contributed by atoms with E-state index in [1.54, 1.807) is 0 Å². The van der Waals surface area contributed by atoms with Crippen LogP contribution in [0.1, 0.15) is 5.56 Å². The molecule has 0 amide bonds. The quantitative estimate of drug-likeness (QED) is 0.570. The van der Waals surface area contributed by atoms with Gasteiger partial charge in [0.05, 0.1) is 6.16 Å². The molecule has 0 radical (unpaired) electrons. The Morgan fingerprint density at radius 2 is 1.35 bits per heavy atom. The molecular weight excluding hydrogens is 271 g/mol. The highest BCUT2D eigenvalue weighted by Crippen LogP contribution is 2.37. The first-order chi connectivity index (χ1) is 9.54. The Bertz CT molecular complexity index is 766. The van der Waals surface area contributed by atoms with Gasteiger partial charge in [0, 0.05) is 0 Å². The Labute approximate surface area is 117 Å². The zero-order valence-corrected chi connectivity index (χ0v) is 11.8. The molecule has 3 aromatic rings. The summed E-state index contributed by atoms with van der Waals surface area (Å²) < 4.78 is 11.2. The Morgan fingerprint density at radius 1 is 0.850 bits per heavy atom. The van der Waals surface area contributed by atoms with Gasteiger partial charge in [-0.2, -0.15) is 0 Å². The number of hydrogen-bond donors (Lipinski definition) is 2. The van der Waals surface area contributed by atoms with Crippen LogP contribution in [0.4, 0.5) is 0 Å². The van der Waals surface area contributed by atoms with Crippen molar-refractivity contribution in [1.29, 1.82) is 0 Å². The van der Waals surface area contributed by atoms with Crippen LogP contribution >= 0.6 is 7.60 Å². The third-order valence-electron chi connectivity index (χ3n) is 3.54. The molecule has 3 aromatic carbocycles. The maximum Gasteiger partial charge on any atom is 0.325 e. The Morgan fingerprint density at radius 3 is 1.85 bits per heavy atom. The topological polar surface area (TPSA) is 57.5 Å². The predicted molar refractivity (Wildman–Crippen MR) is 82.1 cm³/mol. The second kappa shape index (κ2) is 5.02. The molecule has 2 N–H and O–H groups in total. The molecule has 4 heteroatoms. The van der Waals surface area contributed by atoms with Crippen molar-refractivity contribution in [3.05, 3.63) is 60.2 Å². The first-order valence-corrected chi connectivity index (χ1v) is 8.28. The van der Waals surface area contributed by atoms with Crippen molar-refractivity contribution in [1.82, 2.24) is 0 Å². The lowest BCUT2D eigenvalue weighted by atomic mass is 9.95. The largest absolute Gasteiger partial charge is 0.325 e.